The Balaban J connectivity index is 1.81. The third-order valence-corrected chi connectivity index (χ3v) is 4.22. The molecular weight excluding hydrogens is 264 g/mol. The quantitative estimate of drug-likeness (QED) is 0.933. The van der Waals surface area contributed by atoms with Gasteiger partial charge in [0.15, 0.2) is 0 Å². The predicted molar refractivity (Wildman–Crippen MR) is 85.9 cm³/mol. The number of piperidine rings is 1. The minimum atomic E-state index is -0.0665. The Morgan fingerprint density at radius 2 is 2.24 bits per heavy atom. The lowest BCUT2D eigenvalue weighted by Crippen LogP contribution is -2.38. The van der Waals surface area contributed by atoms with Crippen LogP contribution in [-0.4, -0.2) is 48.6 Å². The summed E-state index contributed by atoms with van der Waals surface area (Å²) in [6, 6.07) is 7.46. The molecule has 1 aliphatic heterocycles. The van der Waals surface area contributed by atoms with Crippen LogP contribution in [-0.2, 0) is 0 Å². The number of para-hydroxylation sites is 1. The molecule has 1 fully saturated rings. The summed E-state index contributed by atoms with van der Waals surface area (Å²) in [5, 5.41) is 0.645. The van der Waals surface area contributed by atoms with E-state index < -0.39 is 0 Å². The van der Waals surface area contributed by atoms with Crippen LogP contribution in [0.3, 0.4) is 0 Å². The fourth-order valence-corrected chi connectivity index (χ4v) is 3.15. The molecular formula is C16H22N4O. The van der Waals surface area contributed by atoms with E-state index in [1.165, 1.54) is 19.4 Å². The maximum Gasteiger partial charge on any atom is 0.260 e. The van der Waals surface area contributed by atoms with Gasteiger partial charge in [-0.25, -0.2) is 4.98 Å². The zero-order chi connectivity index (χ0) is 14.8. The van der Waals surface area contributed by atoms with E-state index in [0.29, 0.717) is 17.3 Å². The molecule has 0 radical (unpaired) electrons. The van der Waals surface area contributed by atoms with Gasteiger partial charge in [-0.2, -0.15) is 0 Å². The van der Waals surface area contributed by atoms with E-state index in [1.54, 1.807) is 6.07 Å². The van der Waals surface area contributed by atoms with Crippen molar-refractivity contribution in [1.29, 1.82) is 0 Å². The Kier molecular flexibility index (Phi) is 3.92. The van der Waals surface area contributed by atoms with Crippen LogP contribution in [0.5, 0.6) is 0 Å². The van der Waals surface area contributed by atoms with Crippen molar-refractivity contribution in [2.24, 2.45) is 5.92 Å². The Labute approximate surface area is 124 Å². The lowest BCUT2D eigenvalue weighted by atomic mass is 9.98. The molecule has 3 rings (SSSR count). The van der Waals surface area contributed by atoms with Gasteiger partial charge in [0.2, 0.25) is 5.95 Å². The Morgan fingerprint density at radius 3 is 3.05 bits per heavy atom. The molecule has 2 aromatic rings. The van der Waals surface area contributed by atoms with E-state index in [4.69, 9.17) is 0 Å². The van der Waals surface area contributed by atoms with E-state index in [9.17, 15) is 4.79 Å². The van der Waals surface area contributed by atoms with Crippen LogP contribution in [0.25, 0.3) is 10.9 Å². The lowest BCUT2D eigenvalue weighted by molar-refractivity contribution is 0.213. The molecule has 0 aliphatic carbocycles. The number of nitrogens with one attached hydrogen (secondary N) is 1. The zero-order valence-corrected chi connectivity index (χ0v) is 12.7. The van der Waals surface area contributed by atoms with Crippen molar-refractivity contribution < 1.29 is 0 Å². The van der Waals surface area contributed by atoms with Gasteiger partial charge in [0.05, 0.1) is 10.9 Å². The maximum absolute atomic E-state index is 12.1. The molecule has 0 amide bonds. The summed E-state index contributed by atoms with van der Waals surface area (Å²) in [5.41, 5.74) is 0.687. The third-order valence-electron chi connectivity index (χ3n) is 4.22. The number of fused-ring (bicyclic) bond motifs is 1. The number of rotatable bonds is 3. The van der Waals surface area contributed by atoms with Gasteiger partial charge in [0, 0.05) is 20.1 Å². The second kappa shape index (κ2) is 5.85. The normalized spacial score (nSPS) is 19.8. The molecule has 1 saturated heterocycles. The molecule has 1 aliphatic rings. The first-order valence-electron chi connectivity index (χ1n) is 7.52. The molecule has 21 heavy (non-hydrogen) atoms. The highest BCUT2D eigenvalue weighted by molar-refractivity contribution is 5.78. The predicted octanol–water partition coefficient (Wildman–Crippen LogP) is 1.70. The van der Waals surface area contributed by atoms with Crippen molar-refractivity contribution in [1.82, 2.24) is 14.9 Å². The summed E-state index contributed by atoms with van der Waals surface area (Å²) in [6.45, 7) is 3.22. The monoisotopic (exact) mass is 286 g/mol. The number of aromatic amines is 1. The van der Waals surface area contributed by atoms with Crippen molar-refractivity contribution >= 4 is 16.9 Å². The van der Waals surface area contributed by atoms with E-state index >= 15 is 0 Å². The van der Waals surface area contributed by atoms with E-state index in [0.717, 1.165) is 18.6 Å². The summed E-state index contributed by atoms with van der Waals surface area (Å²) < 4.78 is 0. The average Bonchev–Trinajstić information content (AvgIpc) is 2.47. The minimum Gasteiger partial charge on any atom is -0.345 e. The molecule has 1 aromatic heterocycles. The molecule has 1 N–H and O–H groups in total. The zero-order valence-electron chi connectivity index (χ0n) is 12.7. The number of aromatic nitrogens is 2. The van der Waals surface area contributed by atoms with Gasteiger partial charge in [-0.3, -0.25) is 9.78 Å². The minimum absolute atomic E-state index is 0.0665. The summed E-state index contributed by atoms with van der Waals surface area (Å²) >= 11 is 0. The van der Waals surface area contributed by atoms with Gasteiger partial charge >= 0.3 is 0 Å². The second-order valence-corrected chi connectivity index (χ2v) is 6.06. The standard InChI is InChI=1S/C16H22N4O/c1-19-9-5-6-12(10-19)11-20(2)16-17-14-8-4-3-7-13(14)15(21)18-16/h3-4,7-8,12H,5-6,9-11H2,1-2H3,(H,17,18,21)/t12-/m1/s1. The number of benzene rings is 1. The number of anilines is 1. The molecule has 2 heterocycles. The summed E-state index contributed by atoms with van der Waals surface area (Å²) in [4.78, 5) is 24.0. The molecule has 0 saturated carbocycles. The van der Waals surface area contributed by atoms with Gasteiger partial charge in [0.25, 0.3) is 5.56 Å². The molecule has 0 unspecified atom stereocenters. The molecule has 5 heteroatoms. The number of likely N-dealkylation sites (tertiary alicyclic amines) is 1. The molecule has 5 nitrogen and oxygen atoms in total. The van der Waals surface area contributed by atoms with Crippen LogP contribution >= 0.6 is 0 Å². The summed E-state index contributed by atoms with van der Waals surface area (Å²) in [6.07, 6.45) is 2.49. The highest BCUT2D eigenvalue weighted by atomic mass is 16.1. The van der Waals surface area contributed by atoms with Gasteiger partial charge in [-0.15, -0.1) is 0 Å². The summed E-state index contributed by atoms with van der Waals surface area (Å²) in [5.74, 6) is 1.29. The largest absolute Gasteiger partial charge is 0.345 e. The van der Waals surface area contributed by atoms with Crippen LogP contribution in [0.4, 0.5) is 5.95 Å². The van der Waals surface area contributed by atoms with Crippen molar-refractivity contribution in [3.63, 3.8) is 0 Å². The van der Waals surface area contributed by atoms with E-state index in [2.05, 4.69) is 26.8 Å². The first-order valence-corrected chi connectivity index (χ1v) is 7.52. The third kappa shape index (κ3) is 3.08. The topological polar surface area (TPSA) is 52.2 Å². The van der Waals surface area contributed by atoms with Gasteiger partial charge in [0.1, 0.15) is 0 Å². The van der Waals surface area contributed by atoms with E-state index in [1.807, 2.05) is 25.2 Å². The van der Waals surface area contributed by atoms with Crippen molar-refractivity contribution in [3.05, 3.63) is 34.6 Å². The lowest BCUT2D eigenvalue weighted by Gasteiger charge is -2.32. The van der Waals surface area contributed by atoms with Crippen LogP contribution in [0, 0.1) is 5.92 Å². The number of hydrogen-bond donors (Lipinski definition) is 1. The van der Waals surface area contributed by atoms with E-state index in [-0.39, 0.29) is 5.56 Å². The molecule has 0 spiro atoms. The van der Waals surface area contributed by atoms with Crippen molar-refractivity contribution in [3.8, 4) is 0 Å². The highest BCUT2D eigenvalue weighted by Crippen LogP contribution is 2.18. The smallest absolute Gasteiger partial charge is 0.260 e. The Morgan fingerprint density at radius 1 is 1.43 bits per heavy atom. The maximum atomic E-state index is 12.1. The van der Waals surface area contributed by atoms with Gasteiger partial charge in [-0.05, 0) is 44.5 Å². The van der Waals surface area contributed by atoms with Crippen LogP contribution < -0.4 is 10.5 Å². The first-order chi connectivity index (χ1) is 10.1. The van der Waals surface area contributed by atoms with Crippen LogP contribution in [0.15, 0.2) is 29.1 Å². The van der Waals surface area contributed by atoms with Crippen LogP contribution in [0.2, 0.25) is 0 Å². The first kappa shape index (κ1) is 14.1. The highest BCUT2D eigenvalue weighted by Gasteiger charge is 2.19. The van der Waals surface area contributed by atoms with Crippen molar-refractivity contribution in [2.75, 3.05) is 38.6 Å². The number of hydrogen-bond acceptors (Lipinski definition) is 4. The molecule has 1 atom stereocenters. The molecule has 0 bridgehead atoms. The van der Waals surface area contributed by atoms with Gasteiger partial charge in [-0.1, -0.05) is 12.1 Å². The molecule has 112 valence electrons. The van der Waals surface area contributed by atoms with Crippen LogP contribution in [0.1, 0.15) is 12.8 Å². The Bertz CT molecular complexity index is 681. The fraction of sp³-hybridized carbons (Fsp3) is 0.500. The SMILES string of the molecule is CN1CCC[C@@H](CN(C)c2nc3ccccc3c(=O)[nH]2)C1. The fourth-order valence-electron chi connectivity index (χ4n) is 3.15. The second-order valence-electron chi connectivity index (χ2n) is 6.06. The van der Waals surface area contributed by atoms with Crippen molar-refractivity contribution in [2.45, 2.75) is 12.8 Å². The molecule has 1 aromatic carbocycles. The average molecular weight is 286 g/mol. The van der Waals surface area contributed by atoms with Gasteiger partial charge < -0.3 is 9.80 Å². The number of H-pyrrole nitrogens is 1. The Hall–Kier alpha value is -1.88. The summed E-state index contributed by atoms with van der Waals surface area (Å²) in [7, 11) is 4.17. The number of nitrogens with zero attached hydrogens (tertiary/aromatic N) is 3.